The van der Waals surface area contributed by atoms with E-state index in [4.69, 9.17) is 16.3 Å². The Hall–Kier alpha value is -3.10. The summed E-state index contributed by atoms with van der Waals surface area (Å²) in [7, 11) is -2.79. The number of nitrogens with zero attached hydrogens (tertiary/aromatic N) is 1. The van der Waals surface area contributed by atoms with Crippen LogP contribution in [0.5, 0.6) is 5.75 Å². The molecule has 0 radical (unpaired) electrons. The molecular weight excluding hydrogens is 431 g/mol. The van der Waals surface area contributed by atoms with Gasteiger partial charge in [-0.05, 0) is 54.6 Å². The predicted molar refractivity (Wildman–Crippen MR) is 114 cm³/mol. The Morgan fingerprint density at radius 1 is 1.07 bits per heavy atom. The van der Waals surface area contributed by atoms with E-state index in [-0.39, 0.29) is 10.6 Å². The Labute approximate surface area is 178 Å². The third kappa shape index (κ3) is 4.90. The van der Waals surface area contributed by atoms with E-state index in [0.29, 0.717) is 16.5 Å². The van der Waals surface area contributed by atoms with E-state index in [2.05, 4.69) is 5.32 Å². The van der Waals surface area contributed by atoms with Crippen molar-refractivity contribution in [3.8, 4) is 5.75 Å². The molecule has 3 rings (SSSR count). The minimum Gasteiger partial charge on any atom is -0.497 e. The Balaban J connectivity index is 1.96. The Kier molecular flexibility index (Phi) is 6.59. The average molecular weight is 449 g/mol. The molecule has 0 heterocycles. The molecular formula is C21H18ClFN2O4S. The van der Waals surface area contributed by atoms with Crippen LogP contribution in [0.2, 0.25) is 5.02 Å². The SMILES string of the molecule is COc1ccc(S(=O)(=O)N(CC(=O)Nc2cccc(Cl)c2)c2ccccc2F)cc1. The third-order valence-electron chi connectivity index (χ3n) is 4.16. The van der Waals surface area contributed by atoms with Crippen LogP contribution in [0.15, 0.2) is 77.7 Å². The molecule has 1 amide bonds. The number of methoxy groups -OCH3 is 1. The molecule has 0 bridgehead atoms. The van der Waals surface area contributed by atoms with Gasteiger partial charge in [-0.3, -0.25) is 9.10 Å². The van der Waals surface area contributed by atoms with E-state index in [0.717, 1.165) is 10.4 Å². The van der Waals surface area contributed by atoms with Crippen LogP contribution in [0.4, 0.5) is 15.8 Å². The van der Waals surface area contributed by atoms with Gasteiger partial charge in [0.25, 0.3) is 10.0 Å². The molecule has 3 aromatic rings. The van der Waals surface area contributed by atoms with Crippen LogP contribution in [0, 0.1) is 5.82 Å². The maximum Gasteiger partial charge on any atom is 0.264 e. The molecule has 0 atom stereocenters. The van der Waals surface area contributed by atoms with Crippen molar-refractivity contribution in [2.24, 2.45) is 0 Å². The third-order valence-corrected chi connectivity index (χ3v) is 6.17. The summed E-state index contributed by atoms with van der Waals surface area (Å²) in [4.78, 5) is 12.5. The monoisotopic (exact) mass is 448 g/mol. The van der Waals surface area contributed by atoms with E-state index in [9.17, 15) is 17.6 Å². The largest absolute Gasteiger partial charge is 0.497 e. The fourth-order valence-corrected chi connectivity index (χ4v) is 4.34. The molecule has 3 aromatic carbocycles. The van der Waals surface area contributed by atoms with Crippen molar-refractivity contribution in [1.29, 1.82) is 0 Å². The van der Waals surface area contributed by atoms with Gasteiger partial charge < -0.3 is 10.1 Å². The zero-order valence-electron chi connectivity index (χ0n) is 15.9. The van der Waals surface area contributed by atoms with Crippen LogP contribution in [0.1, 0.15) is 0 Å². The van der Waals surface area contributed by atoms with Crippen molar-refractivity contribution in [3.63, 3.8) is 0 Å². The van der Waals surface area contributed by atoms with Crippen LogP contribution in [0.3, 0.4) is 0 Å². The van der Waals surface area contributed by atoms with Gasteiger partial charge in [0.2, 0.25) is 5.91 Å². The van der Waals surface area contributed by atoms with Crippen LogP contribution in [-0.2, 0) is 14.8 Å². The minimum atomic E-state index is -4.25. The topological polar surface area (TPSA) is 75.7 Å². The van der Waals surface area contributed by atoms with Crippen LogP contribution in [0.25, 0.3) is 0 Å². The highest BCUT2D eigenvalue weighted by Crippen LogP contribution is 2.27. The second-order valence-corrected chi connectivity index (χ2v) is 8.50. The number of benzene rings is 3. The summed E-state index contributed by atoms with van der Waals surface area (Å²) in [5.74, 6) is -0.965. The van der Waals surface area contributed by atoms with E-state index in [1.54, 1.807) is 18.2 Å². The number of sulfonamides is 1. The number of nitrogens with one attached hydrogen (secondary N) is 1. The molecule has 30 heavy (non-hydrogen) atoms. The average Bonchev–Trinajstić information content (AvgIpc) is 2.72. The molecule has 0 unspecified atom stereocenters. The first-order valence-corrected chi connectivity index (χ1v) is 10.6. The molecule has 0 aliphatic heterocycles. The van der Waals surface area contributed by atoms with Crippen molar-refractivity contribution in [2.45, 2.75) is 4.90 Å². The second kappa shape index (κ2) is 9.15. The number of rotatable bonds is 7. The molecule has 0 saturated carbocycles. The number of halogens is 2. The van der Waals surface area contributed by atoms with E-state index >= 15 is 0 Å². The molecule has 156 valence electrons. The fourth-order valence-electron chi connectivity index (χ4n) is 2.73. The maximum absolute atomic E-state index is 14.5. The summed E-state index contributed by atoms with van der Waals surface area (Å²) in [5, 5.41) is 2.98. The maximum atomic E-state index is 14.5. The van der Waals surface area contributed by atoms with E-state index in [1.165, 1.54) is 55.6 Å². The number of carbonyl (C=O) groups is 1. The highest BCUT2D eigenvalue weighted by atomic mass is 35.5. The molecule has 0 spiro atoms. The molecule has 1 N–H and O–H groups in total. The molecule has 0 aliphatic carbocycles. The van der Waals surface area contributed by atoms with Gasteiger partial charge in [0, 0.05) is 10.7 Å². The lowest BCUT2D eigenvalue weighted by Gasteiger charge is -2.24. The van der Waals surface area contributed by atoms with Crippen molar-refractivity contribution in [3.05, 3.63) is 83.6 Å². The number of hydrogen-bond acceptors (Lipinski definition) is 4. The van der Waals surface area contributed by atoms with Crippen LogP contribution >= 0.6 is 11.6 Å². The van der Waals surface area contributed by atoms with Crippen molar-refractivity contribution < 1.29 is 22.3 Å². The molecule has 0 aliphatic rings. The molecule has 6 nitrogen and oxygen atoms in total. The number of anilines is 2. The normalized spacial score (nSPS) is 11.0. The van der Waals surface area contributed by atoms with E-state index < -0.39 is 28.3 Å². The number of amides is 1. The summed E-state index contributed by atoms with van der Waals surface area (Å²) in [6.45, 7) is -0.637. The first-order valence-electron chi connectivity index (χ1n) is 8.78. The zero-order valence-corrected chi connectivity index (χ0v) is 17.5. The summed E-state index contributed by atoms with van der Waals surface area (Å²) in [5.41, 5.74) is 0.150. The second-order valence-electron chi connectivity index (χ2n) is 6.20. The Morgan fingerprint density at radius 2 is 1.77 bits per heavy atom. The number of carbonyl (C=O) groups excluding carboxylic acids is 1. The minimum absolute atomic E-state index is 0.109. The quantitative estimate of drug-likeness (QED) is 0.584. The van der Waals surface area contributed by atoms with Gasteiger partial charge in [-0.1, -0.05) is 29.8 Å². The lowest BCUT2D eigenvalue weighted by Crippen LogP contribution is -2.38. The number of ether oxygens (including phenoxy) is 1. The van der Waals surface area contributed by atoms with Crippen LogP contribution in [-0.4, -0.2) is 28.0 Å². The number of para-hydroxylation sites is 1. The van der Waals surface area contributed by atoms with Crippen molar-refractivity contribution >= 4 is 38.9 Å². The molecule has 0 aromatic heterocycles. The summed E-state index contributed by atoms with van der Waals surface area (Å²) < 4.78 is 46.7. The number of hydrogen-bond donors (Lipinski definition) is 1. The van der Waals surface area contributed by atoms with Gasteiger partial charge in [-0.15, -0.1) is 0 Å². The molecule has 9 heteroatoms. The van der Waals surface area contributed by atoms with Crippen LogP contribution < -0.4 is 14.4 Å². The summed E-state index contributed by atoms with van der Waals surface area (Å²) in [6.07, 6.45) is 0. The standard InChI is InChI=1S/C21H18ClFN2O4S/c1-29-17-9-11-18(12-10-17)30(27,28)25(20-8-3-2-7-19(20)23)14-21(26)24-16-6-4-5-15(22)13-16/h2-13H,14H2,1H3,(H,24,26). The summed E-state index contributed by atoms with van der Waals surface area (Å²) >= 11 is 5.91. The Morgan fingerprint density at radius 3 is 2.40 bits per heavy atom. The molecule has 0 fully saturated rings. The molecule has 0 saturated heterocycles. The van der Waals surface area contributed by atoms with Crippen molar-refractivity contribution in [1.82, 2.24) is 0 Å². The smallest absolute Gasteiger partial charge is 0.264 e. The van der Waals surface area contributed by atoms with Gasteiger partial charge in [0.1, 0.15) is 18.1 Å². The van der Waals surface area contributed by atoms with Gasteiger partial charge in [-0.25, -0.2) is 12.8 Å². The lowest BCUT2D eigenvalue weighted by atomic mass is 10.3. The van der Waals surface area contributed by atoms with Crippen molar-refractivity contribution in [2.75, 3.05) is 23.3 Å². The van der Waals surface area contributed by atoms with Gasteiger partial charge >= 0.3 is 0 Å². The van der Waals surface area contributed by atoms with Gasteiger partial charge in [-0.2, -0.15) is 0 Å². The first-order chi connectivity index (χ1) is 14.3. The fraction of sp³-hybridized carbons (Fsp3) is 0.0952. The van der Waals surface area contributed by atoms with E-state index in [1.807, 2.05) is 0 Å². The first kappa shape index (κ1) is 21.6. The summed E-state index contributed by atoms with van der Waals surface area (Å²) in [6, 6.07) is 17.3. The highest BCUT2D eigenvalue weighted by molar-refractivity contribution is 7.92. The predicted octanol–water partition coefficient (Wildman–Crippen LogP) is 4.32. The lowest BCUT2D eigenvalue weighted by molar-refractivity contribution is -0.114. The Bertz CT molecular complexity index is 1150. The highest BCUT2D eigenvalue weighted by Gasteiger charge is 2.29. The van der Waals surface area contributed by atoms with Gasteiger partial charge in [0.15, 0.2) is 0 Å². The zero-order chi connectivity index (χ0) is 21.7. The van der Waals surface area contributed by atoms with Gasteiger partial charge in [0.05, 0.1) is 17.7 Å².